The first kappa shape index (κ1) is 14.5. The highest BCUT2D eigenvalue weighted by atomic mass is 16.1. The lowest BCUT2D eigenvalue weighted by Gasteiger charge is -2.17. The topological polar surface area (TPSA) is 77.8 Å². The molecule has 21 heavy (non-hydrogen) atoms. The minimum absolute atomic E-state index is 0.0185. The molecule has 0 saturated carbocycles. The fourth-order valence-corrected chi connectivity index (χ4v) is 2.02. The molecule has 0 spiro atoms. The molecule has 0 fully saturated rings. The first-order chi connectivity index (χ1) is 10.1. The predicted octanol–water partition coefficient (Wildman–Crippen LogP) is 3.08. The number of benzene rings is 1. The van der Waals surface area contributed by atoms with Crippen LogP contribution in [0.25, 0.3) is 0 Å². The summed E-state index contributed by atoms with van der Waals surface area (Å²) in [6.45, 7) is 3.46. The normalized spacial score (nSPS) is 11.3. The minimum Gasteiger partial charge on any atom is -0.376 e. The second-order valence-corrected chi connectivity index (χ2v) is 4.68. The van der Waals surface area contributed by atoms with Crippen molar-refractivity contribution in [1.29, 1.82) is 5.26 Å². The molecule has 2 aromatic rings. The Hall–Kier alpha value is -2.87. The summed E-state index contributed by atoms with van der Waals surface area (Å²) in [6.07, 6.45) is 1.59. The Balaban J connectivity index is 2.18. The number of carbonyl (C=O) groups excluding carboxylic acids is 1. The van der Waals surface area contributed by atoms with Crippen LogP contribution in [0, 0.1) is 11.3 Å². The summed E-state index contributed by atoms with van der Waals surface area (Å²) in [5.41, 5.74) is 2.81. The summed E-state index contributed by atoms with van der Waals surface area (Å²) in [4.78, 5) is 15.1. The Bertz CT molecular complexity index is 691. The van der Waals surface area contributed by atoms with E-state index in [0.29, 0.717) is 11.4 Å². The molecule has 1 atom stereocenters. The highest BCUT2D eigenvalue weighted by molar-refractivity contribution is 5.88. The molecule has 1 unspecified atom stereocenters. The van der Waals surface area contributed by atoms with E-state index in [1.54, 1.807) is 12.3 Å². The monoisotopic (exact) mass is 280 g/mol. The van der Waals surface area contributed by atoms with Crippen molar-refractivity contribution in [2.75, 3.05) is 10.6 Å². The van der Waals surface area contributed by atoms with Crippen molar-refractivity contribution < 1.29 is 4.79 Å². The number of carbonyl (C=O) groups is 1. The minimum atomic E-state index is -0.105. The number of aromatic nitrogens is 1. The molecule has 2 rings (SSSR count). The van der Waals surface area contributed by atoms with E-state index in [9.17, 15) is 4.79 Å². The second-order valence-electron chi connectivity index (χ2n) is 4.68. The maximum absolute atomic E-state index is 11.1. The number of hydrogen-bond donors (Lipinski definition) is 2. The quantitative estimate of drug-likeness (QED) is 0.902. The zero-order valence-electron chi connectivity index (χ0n) is 11.9. The molecule has 5 heteroatoms. The van der Waals surface area contributed by atoms with Crippen LogP contribution in [-0.4, -0.2) is 10.9 Å². The number of rotatable bonds is 4. The van der Waals surface area contributed by atoms with Gasteiger partial charge in [0.25, 0.3) is 0 Å². The van der Waals surface area contributed by atoms with E-state index in [1.165, 1.54) is 6.92 Å². The van der Waals surface area contributed by atoms with Crippen LogP contribution in [0.4, 0.5) is 11.4 Å². The molecule has 0 radical (unpaired) electrons. The van der Waals surface area contributed by atoms with Crippen LogP contribution in [-0.2, 0) is 4.79 Å². The summed E-state index contributed by atoms with van der Waals surface area (Å²) in [6, 6.07) is 13.2. The Labute approximate surface area is 123 Å². The van der Waals surface area contributed by atoms with Crippen molar-refractivity contribution in [3.63, 3.8) is 0 Å². The largest absolute Gasteiger partial charge is 0.376 e. The first-order valence-electron chi connectivity index (χ1n) is 6.59. The van der Waals surface area contributed by atoms with E-state index in [4.69, 9.17) is 5.26 Å². The number of anilines is 2. The lowest BCUT2D eigenvalue weighted by atomic mass is 10.1. The van der Waals surface area contributed by atoms with Crippen LogP contribution >= 0.6 is 0 Å². The summed E-state index contributed by atoms with van der Waals surface area (Å²) >= 11 is 0. The molecule has 0 aliphatic heterocycles. The van der Waals surface area contributed by atoms with E-state index in [0.717, 1.165) is 11.3 Å². The number of nitriles is 1. The molecule has 0 aliphatic carbocycles. The van der Waals surface area contributed by atoms with Crippen molar-refractivity contribution >= 4 is 17.3 Å². The van der Waals surface area contributed by atoms with Crippen molar-refractivity contribution in [2.45, 2.75) is 19.9 Å². The fraction of sp³-hybridized carbons (Fsp3) is 0.188. The van der Waals surface area contributed by atoms with Gasteiger partial charge in [0, 0.05) is 24.8 Å². The van der Waals surface area contributed by atoms with Gasteiger partial charge in [0.2, 0.25) is 5.91 Å². The summed E-state index contributed by atoms with van der Waals surface area (Å²) < 4.78 is 0. The molecule has 0 bridgehead atoms. The highest BCUT2D eigenvalue weighted by Gasteiger charge is 2.09. The second kappa shape index (κ2) is 6.53. The molecule has 1 aromatic heterocycles. The molecule has 0 saturated heterocycles. The number of amides is 1. The number of nitrogens with zero attached hydrogens (tertiary/aromatic N) is 2. The maximum atomic E-state index is 11.1. The van der Waals surface area contributed by atoms with Gasteiger partial charge < -0.3 is 10.6 Å². The smallest absolute Gasteiger partial charge is 0.221 e. The van der Waals surface area contributed by atoms with Crippen molar-refractivity contribution in [1.82, 2.24) is 4.98 Å². The molecule has 0 aliphatic rings. The van der Waals surface area contributed by atoms with Crippen molar-refractivity contribution in [3.8, 4) is 6.07 Å². The van der Waals surface area contributed by atoms with Crippen molar-refractivity contribution in [2.24, 2.45) is 0 Å². The fourth-order valence-electron chi connectivity index (χ4n) is 2.02. The third kappa shape index (κ3) is 3.80. The van der Waals surface area contributed by atoms with Gasteiger partial charge in [0.15, 0.2) is 5.69 Å². The Morgan fingerprint density at radius 3 is 2.86 bits per heavy atom. The first-order valence-corrected chi connectivity index (χ1v) is 6.59. The van der Waals surface area contributed by atoms with Crippen molar-refractivity contribution in [3.05, 3.63) is 53.9 Å². The van der Waals surface area contributed by atoms with Gasteiger partial charge in [-0.15, -0.1) is 0 Å². The maximum Gasteiger partial charge on any atom is 0.221 e. The predicted molar refractivity (Wildman–Crippen MR) is 81.7 cm³/mol. The molecule has 106 valence electrons. The molecular formula is C16H16N4O. The van der Waals surface area contributed by atoms with Crippen LogP contribution in [0.2, 0.25) is 0 Å². The lowest BCUT2D eigenvalue weighted by molar-refractivity contribution is -0.114. The van der Waals surface area contributed by atoms with E-state index in [2.05, 4.69) is 21.7 Å². The van der Waals surface area contributed by atoms with Gasteiger partial charge in [0.05, 0.1) is 5.69 Å². The summed E-state index contributed by atoms with van der Waals surface area (Å²) in [5.74, 6) is -0.105. The van der Waals surface area contributed by atoms with Crippen LogP contribution in [0.1, 0.15) is 31.1 Å². The molecule has 1 heterocycles. The van der Waals surface area contributed by atoms with Gasteiger partial charge in [-0.2, -0.15) is 5.26 Å². The zero-order chi connectivity index (χ0) is 15.2. The third-order valence-corrected chi connectivity index (χ3v) is 2.99. The van der Waals surface area contributed by atoms with Gasteiger partial charge in [-0.1, -0.05) is 12.1 Å². The van der Waals surface area contributed by atoms with E-state index >= 15 is 0 Å². The Morgan fingerprint density at radius 1 is 1.33 bits per heavy atom. The molecule has 1 amide bonds. The molecule has 2 N–H and O–H groups in total. The average molecular weight is 280 g/mol. The van der Waals surface area contributed by atoms with E-state index in [-0.39, 0.29) is 11.9 Å². The SMILES string of the molecule is CC(=O)Nc1cccc(C(C)Nc2cccnc2C#N)c1. The highest BCUT2D eigenvalue weighted by Crippen LogP contribution is 2.23. The summed E-state index contributed by atoms with van der Waals surface area (Å²) in [5, 5.41) is 15.1. The van der Waals surface area contributed by atoms with E-state index in [1.807, 2.05) is 37.3 Å². The van der Waals surface area contributed by atoms with Crippen LogP contribution < -0.4 is 10.6 Å². The average Bonchev–Trinajstić information content (AvgIpc) is 2.47. The lowest BCUT2D eigenvalue weighted by Crippen LogP contribution is -2.10. The zero-order valence-corrected chi connectivity index (χ0v) is 11.9. The van der Waals surface area contributed by atoms with Gasteiger partial charge in [-0.05, 0) is 36.8 Å². The van der Waals surface area contributed by atoms with Gasteiger partial charge in [0.1, 0.15) is 6.07 Å². The third-order valence-electron chi connectivity index (χ3n) is 2.99. The number of hydrogen-bond acceptors (Lipinski definition) is 4. The van der Waals surface area contributed by atoms with E-state index < -0.39 is 0 Å². The van der Waals surface area contributed by atoms with Crippen LogP contribution in [0.3, 0.4) is 0 Å². The Kier molecular flexibility index (Phi) is 4.52. The molecule has 5 nitrogen and oxygen atoms in total. The number of nitrogens with one attached hydrogen (secondary N) is 2. The van der Waals surface area contributed by atoms with Gasteiger partial charge in [-0.3, -0.25) is 4.79 Å². The molecule has 1 aromatic carbocycles. The van der Waals surface area contributed by atoms with Crippen LogP contribution in [0.5, 0.6) is 0 Å². The van der Waals surface area contributed by atoms with Gasteiger partial charge >= 0.3 is 0 Å². The van der Waals surface area contributed by atoms with Gasteiger partial charge in [-0.25, -0.2) is 4.98 Å². The molecular weight excluding hydrogens is 264 g/mol. The van der Waals surface area contributed by atoms with Crippen LogP contribution in [0.15, 0.2) is 42.6 Å². The summed E-state index contributed by atoms with van der Waals surface area (Å²) in [7, 11) is 0. The standard InChI is InChI=1S/C16H16N4O/c1-11(19-15-7-4-8-18-16(15)10-17)13-5-3-6-14(9-13)20-12(2)21/h3-9,11,19H,1-2H3,(H,20,21). The Morgan fingerprint density at radius 2 is 2.14 bits per heavy atom. The number of pyridine rings is 1.